The van der Waals surface area contributed by atoms with Crippen molar-refractivity contribution in [1.82, 2.24) is 16.1 Å². The Morgan fingerprint density at radius 2 is 2.38 bits per heavy atom. The molecular formula is C4H8N4. The molecule has 0 amide bonds. The lowest BCUT2D eigenvalue weighted by molar-refractivity contribution is 0.306. The first-order valence-corrected chi connectivity index (χ1v) is 2.62. The normalized spacial score (nSPS) is 28.8. The first-order chi connectivity index (χ1) is 3.73. The monoisotopic (exact) mass is 112 g/mol. The van der Waals surface area contributed by atoms with E-state index in [0.29, 0.717) is 0 Å². The fourth-order valence-electron chi connectivity index (χ4n) is 0.906. The van der Waals surface area contributed by atoms with Crippen molar-refractivity contribution < 1.29 is 0 Å². The van der Waals surface area contributed by atoms with Crippen molar-refractivity contribution in [3.8, 4) is 0 Å². The first-order valence-electron chi connectivity index (χ1n) is 2.62. The summed E-state index contributed by atoms with van der Waals surface area (Å²) in [4.78, 5) is 0. The third-order valence-electron chi connectivity index (χ3n) is 1.59. The molecule has 44 valence electrons. The maximum Gasteiger partial charge on any atom is 0.170 e. The van der Waals surface area contributed by atoms with Crippen molar-refractivity contribution in [2.45, 2.75) is 19.4 Å². The SMILES string of the molecule is CC1(C)C2=NNNN21. The van der Waals surface area contributed by atoms with Gasteiger partial charge in [-0.2, -0.15) is 0 Å². The summed E-state index contributed by atoms with van der Waals surface area (Å²) in [6, 6.07) is 0. The summed E-state index contributed by atoms with van der Waals surface area (Å²) in [5.41, 5.74) is 5.68. The van der Waals surface area contributed by atoms with Gasteiger partial charge >= 0.3 is 0 Å². The number of amidine groups is 1. The fraction of sp³-hybridized carbons (Fsp3) is 0.750. The van der Waals surface area contributed by atoms with Crippen LogP contribution in [0.5, 0.6) is 0 Å². The van der Waals surface area contributed by atoms with E-state index in [4.69, 9.17) is 0 Å². The highest BCUT2D eigenvalue weighted by molar-refractivity contribution is 6.05. The zero-order valence-corrected chi connectivity index (χ0v) is 4.89. The van der Waals surface area contributed by atoms with Crippen molar-refractivity contribution in [1.29, 1.82) is 0 Å². The Bertz CT molecular complexity index is 159. The Morgan fingerprint density at radius 1 is 1.62 bits per heavy atom. The second-order valence-electron chi connectivity index (χ2n) is 2.55. The average Bonchev–Trinajstić information content (AvgIpc) is 2.22. The maximum absolute atomic E-state index is 3.94. The molecule has 0 aromatic rings. The van der Waals surface area contributed by atoms with Crippen LogP contribution in [0.25, 0.3) is 0 Å². The molecule has 2 rings (SSSR count). The van der Waals surface area contributed by atoms with E-state index in [0.717, 1.165) is 5.84 Å². The Labute approximate surface area is 47.5 Å². The van der Waals surface area contributed by atoms with Crippen molar-refractivity contribution >= 4 is 5.84 Å². The van der Waals surface area contributed by atoms with Crippen LogP contribution in [-0.2, 0) is 0 Å². The molecule has 2 N–H and O–H groups in total. The van der Waals surface area contributed by atoms with Gasteiger partial charge in [0, 0.05) is 0 Å². The molecule has 0 unspecified atom stereocenters. The third-order valence-corrected chi connectivity index (χ3v) is 1.59. The molecule has 2 aliphatic heterocycles. The highest BCUT2D eigenvalue weighted by Crippen LogP contribution is 2.33. The lowest BCUT2D eigenvalue weighted by Crippen LogP contribution is -2.33. The summed E-state index contributed by atoms with van der Waals surface area (Å²) < 4.78 is 0. The van der Waals surface area contributed by atoms with Crippen LogP contribution >= 0.6 is 0 Å². The van der Waals surface area contributed by atoms with E-state index in [1.54, 1.807) is 0 Å². The summed E-state index contributed by atoms with van der Waals surface area (Å²) in [7, 11) is 0. The van der Waals surface area contributed by atoms with Gasteiger partial charge in [0.1, 0.15) is 5.54 Å². The molecule has 0 atom stereocenters. The van der Waals surface area contributed by atoms with Gasteiger partial charge in [0.25, 0.3) is 0 Å². The molecule has 1 fully saturated rings. The molecule has 2 aliphatic rings. The van der Waals surface area contributed by atoms with Crippen molar-refractivity contribution in [2.24, 2.45) is 5.10 Å². The number of nitrogens with one attached hydrogen (secondary N) is 2. The maximum atomic E-state index is 3.94. The second-order valence-corrected chi connectivity index (χ2v) is 2.55. The molecule has 0 radical (unpaired) electrons. The Kier molecular flexibility index (Phi) is 0.436. The van der Waals surface area contributed by atoms with Gasteiger partial charge in [-0.3, -0.25) is 5.01 Å². The predicted octanol–water partition coefficient (Wildman–Crippen LogP) is -0.583. The number of hydrazone groups is 1. The lowest BCUT2D eigenvalue weighted by Gasteiger charge is -2.03. The highest BCUT2D eigenvalue weighted by atomic mass is 15.9. The average molecular weight is 112 g/mol. The van der Waals surface area contributed by atoms with Gasteiger partial charge in [-0.25, -0.2) is 5.53 Å². The van der Waals surface area contributed by atoms with Crippen LogP contribution in [0, 0.1) is 0 Å². The Hall–Kier alpha value is -0.770. The van der Waals surface area contributed by atoms with Crippen LogP contribution in [0.15, 0.2) is 5.10 Å². The summed E-state index contributed by atoms with van der Waals surface area (Å²) in [5.74, 6) is 1.09. The molecular weight excluding hydrogens is 104 g/mol. The van der Waals surface area contributed by atoms with Crippen LogP contribution in [0.2, 0.25) is 0 Å². The minimum atomic E-state index is 0.172. The molecule has 0 aliphatic carbocycles. The van der Waals surface area contributed by atoms with Gasteiger partial charge in [-0.05, 0) is 13.8 Å². The van der Waals surface area contributed by atoms with Gasteiger partial charge in [0.2, 0.25) is 0 Å². The van der Waals surface area contributed by atoms with E-state index >= 15 is 0 Å². The predicted molar refractivity (Wildman–Crippen MR) is 29.6 cm³/mol. The topological polar surface area (TPSA) is 39.4 Å². The van der Waals surface area contributed by atoms with E-state index in [-0.39, 0.29) is 5.54 Å². The molecule has 0 spiro atoms. The molecule has 8 heavy (non-hydrogen) atoms. The Balaban J connectivity index is 2.32. The molecule has 4 heteroatoms. The molecule has 4 nitrogen and oxygen atoms in total. The molecule has 2 heterocycles. The smallest absolute Gasteiger partial charge is 0.170 e. The van der Waals surface area contributed by atoms with E-state index < -0.39 is 0 Å². The molecule has 0 aromatic carbocycles. The minimum Gasteiger partial charge on any atom is -0.260 e. The standard InChI is InChI=1S/C4H8N4/c1-4(2)3-5-6-7-8(3)4/h6-7H,1-2H3. The van der Waals surface area contributed by atoms with Crippen LogP contribution in [-0.4, -0.2) is 16.4 Å². The van der Waals surface area contributed by atoms with Gasteiger partial charge in [0.15, 0.2) is 5.84 Å². The van der Waals surface area contributed by atoms with Gasteiger partial charge < -0.3 is 0 Å². The van der Waals surface area contributed by atoms with Crippen LogP contribution in [0.4, 0.5) is 0 Å². The molecule has 0 saturated carbocycles. The van der Waals surface area contributed by atoms with E-state index in [1.807, 2.05) is 5.01 Å². The summed E-state index contributed by atoms with van der Waals surface area (Å²) in [6.45, 7) is 4.22. The van der Waals surface area contributed by atoms with Crippen molar-refractivity contribution in [3.63, 3.8) is 0 Å². The first kappa shape index (κ1) is 4.14. The summed E-state index contributed by atoms with van der Waals surface area (Å²) >= 11 is 0. The number of fused-ring (bicyclic) bond motifs is 1. The van der Waals surface area contributed by atoms with Crippen molar-refractivity contribution in [2.75, 3.05) is 0 Å². The number of nitrogens with zero attached hydrogens (tertiary/aromatic N) is 2. The molecule has 0 aromatic heterocycles. The van der Waals surface area contributed by atoms with Gasteiger partial charge in [-0.15, -0.1) is 10.6 Å². The zero-order chi connectivity index (χ0) is 5.78. The van der Waals surface area contributed by atoms with E-state index in [2.05, 4.69) is 30.0 Å². The van der Waals surface area contributed by atoms with E-state index in [9.17, 15) is 0 Å². The molecule has 1 saturated heterocycles. The zero-order valence-electron chi connectivity index (χ0n) is 4.89. The summed E-state index contributed by atoms with van der Waals surface area (Å²) in [5, 5.41) is 5.92. The minimum absolute atomic E-state index is 0.172. The Morgan fingerprint density at radius 3 is 2.62 bits per heavy atom. The fourth-order valence-corrected chi connectivity index (χ4v) is 0.906. The third kappa shape index (κ3) is 0.253. The van der Waals surface area contributed by atoms with Crippen LogP contribution in [0.1, 0.15) is 13.8 Å². The van der Waals surface area contributed by atoms with Crippen LogP contribution in [0.3, 0.4) is 0 Å². The van der Waals surface area contributed by atoms with Gasteiger partial charge in [-0.1, -0.05) is 0 Å². The van der Waals surface area contributed by atoms with Crippen LogP contribution < -0.4 is 11.1 Å². The molecule has 0 bridgehead atoms. The highest BCUT2D eigenvalue weighted by Gasteiger charge is 2.55. The summed E-state index contributed by atoms with van der Waals surface area (Å²) in [6.07, 6.45) is 0. The van der Waals surface area contributed by atoms with Crippen molar-refractivity contribution in [3.05, 3.63) is 0 Å². The number of hydrazine groups is 2. The second kappa shape index (κ2) is 0.842. The largest absolute Gasteiger partial charge is 0.260 e. The lowest BCUT2D eigenvalue weighted by atomic mass is 10.2. The van der Waals surface area contributed by atoms with Gasteiger partial charge in [0.05, 0.1) is 0 Å². The number of hydrogen-bond donors (Lipinski definition) is 2. The number of hydrogen-bond acceptors (Lipinski definition) is 4. The number of rotatable bonds is 0. The quantitative estimate of drug-likeness (QED) is 0.412. The van der Waals surface area contributed by atoms with E-state index in [1.165, 1.54) is 0 Å².